The number of likely N-dealkylation sites (N-methyl/N-ethyl adjacent to an activating group) is 1. The summed E-state index contributed by atoms with van der Waals surface area (Å²) in [6, 6.07) is 7.48. The lowest BCUT2D eigenvalue weighted by Crippen LogP contribution is -2.28. The minimum Gasteiger partial charge on any atom is -0.490 e. The van der Waals surface area contributed by atoms with Gasteiger partial charge < -0.3 is 20.7 Å². The number of amides is 1. The van der Waals surface area contributed by atoms with Crippen molar-refractivity contribution in [1.29, 1.82) is 0 Å². The van der Waals surface area contributed by atoms with Crippen LogP contribution in [0.5, 0.6) is 5.75 Å². The van der Waals surface area contributed by atoms with E-state index in [1.807, 2.05) is 24.3 Å². The van der Waals surface area contributed by atoms with Gasteiger partial charge in [0.1, 0.15) is 12.4 Å². The molecule has 0 aliphatic heterocycles. The first-order chi connectivity index (χ1) is 10.1. The predicted molar refractivity (Wildman–Crippen MR) is 86.6 cm³/mol. The van der Waals surface area contributed by atoms with Gasteiger partial charge in [0.05, 0.1) is 5.69 Å². The molecule has 5 nitrogen and oxygen atoms in total. The third-order valence-electron chi connectivity index (χ3n) is 3.51. The Morgan fingerprint density at radius 3 is 2.62 bits per heavy atom. The number of anilines is 1. The number of carbonyl (C=O) groups excluding carboxylic acids is 1. The lowest BCUT2D eigenvalue weighted by molar-refractivity contribution is -0.119. The first-order valence-corrected chi connectivity index (χ1v) is 7.57. The summed E-state index contributed by atoms with van der Waals surface area (Å²) in [6.45, 7) is 9.88. The van der Waals surface area contributed by atoms with Crippen molar-refractivity contribution in [3.8, 4) is 5.75 Å². The second-order valence-corrected chi connectivity index (χ2v) is 5.00. The van der Waals surface area contributed by atoms with Crippen molar-refractivity contribution in [1.82, 2.24) is 4.90 Å². The van der Waals surface area contributed by atoms with Gasteiger partial charge in [-0.05, 0) is 25.2 Å². The average molecular weight is 293 g/mol. The largest absolute Gasteiger partial charge is 0.490 e. The highest BCUT2D eigenvalue weighted by molar-refractivity contribution is 5.93. The summed E-state index contributed by atoms with van der Waals surface area (Å²) >= 11 is 0. The molecule has 118 valence electrons. The zero-order valence-corrected chi connectivity index (χ0v) is 13.3. The lowest BCUT2D eigenvalue weighted by Gasteiger charge is -2.19. The minimum atomic E-state index is -0.214. The Kier molecular flexibility index (Phi) is 7.79. The Morgan fingerprint density at radius 1 is 1.33 bits per heavy atom. The Bertz CT molecular complexity index is 433. The molecule has 0 fully saturated rings. The fourth-order valence-electron chi connectivity index (χ4n) is 1.88. The summed E-state index contributed by atoms with van der Waals surface area (Å²) in [4.78, 5) is 14.2. The molecule has 21 heavy (non-hydrogen) atoms. The van der Waals surface area contributed by atoms with Crippen LogP contribution in [-0.4, -0.2) is 43.6 Å². The number of rotatable bonds is 9. The molecular formula is C16H27N3O2. The zero-order chi connectivity index (χ0) is 15.7. The van der Waals surface area contributed by atoms with Crippen LogP contribution in [0.1, 0.15) is 20.8 Å². The number of para-hydroxylation sites is 2. The van der Waals surface area contributed by atoms with Gasteiger partial charge in [0, 0.05) is 19.0 Å². The normalized spacial score (nSPS) is 12.2. The van der Waals surface area contributed by atoms with E-state index in [9.17, 15) is 4.79 Å². The van der Waals surface area contributed by atoms with Crippen LogP contribution in [0.3, 0.4) is 0 Å². The molecule has 1 amide bonds. The maximum absolute atomic E-state index is 11.9. The van der Waals surface area contributed by atoms with E-state index < -0.39 is 0 Å². The van der Waals surface area contributed by atoms with Crippen LogP contribution >= 0.6 is 0 Å². The number of nitrogens with one attached hydrogen (secondary N) is 1. The van der Waals surface area contributed by atoms with Crippen LogP contribution in [0.25, 0.3) is 0 Å². The predicted octanol–water partition coefficient (Wildman–Crippen LogP) is 1.94. The van der Waals surface area contributed by atoms with Crippen molar-refractivity contribution in [2.45, 2.75) is 20.8 Å². The maximum atomic E-state index is 11.9. The highest BCUT2D eigenvalue weighted by Crippen LogP contribution is 2.24. The van der Waals surface area contributed by atoms with Gasteiger partial charge in [-0.25, -0.2) is 0 Å². The van der Waals surface area contributed by atoms with Gasteiger partial charge >= 0.3 is 0 Å². The number of hydrogen-bond donors (Lipinski definition) is 2. The van der Waals surface area contributed by atoms with Gasteiger partial charge in [0.25, 0.3) is 0 Å². The van der Waals surface area contributed by atoms with E-state index in [4.69, 9.17) is 10.5 Å². The van der Waals surface area contributed by atoms with E-state index in [1.54, 1.807) is 6.92 Å². The number of carbonyl (C=O) groups is 1. The molecule has 0 saturated carbocycles. The summed E-state index contributed by atoms with van der Waals surface area (Å²) in [5.74, 6) is 0.397. The molecule has 1 aromatic carbocycles. The molecule has 5 heteroatoms. The summed E-state index contributed by atoms with van der Waals surface area (Å²) in [6.07, 6.45) is 0. The van der Waals surface area contributed by atoms with E-state index in [2.05, 4.69) is 24.1 Å². The summed E-state index contributed by atoms with van der Waals surface area (Å²) < 4.78 is 5.80. The topological polar surface area (TPSA) is 67.6 Å². The van der Waals surface area contributed by atoms with Crippen LogP contribution in [0.15, 0.2) is 24.3 Å². The third-order valence-corrected chi connectivity index (χ3v) is 3.51. The third kappa shape index (κ3) is 5.73. The minimum absolute atomic E-state index is 0.0858. The summed E-state index contributed by atoms with van der Waals surface area (Å²) in [7, 11) is 0. The van der Waals surface area contributed by atoms with Crippen LogP contribution in [0.2, 0.25) is 0 Å². The fraction of sp³-hybridized carbons (Fsp3) is 0.562. The Hall–Kier alpha value is -1.59. The Balaban J connectivity index is 2.60. The lowest BCUT2D eigenvalue weighted by atomic mass is 10.1. The number of hydrogen-bond acceptors (Lipinski definition) is 4. The van der Waals surface area contributed by atoms with Crippen molar-refractivity contribution in [3.63, 3.8) is 0 Å². The molecule has 0 bridgehead atoms. The van der Waals surface area contributed by atoms with Gasteiger partial charge in [-0.3, -0.25) is 4.79 Å². The van der Waals surface area contributed by atoms with Crippen LogP contribution in [0.4, 0.5) is 5.69 Å². The average Bonchev–Trinajstić information content (AvgIpc) is 2.52. The zero-order valence-electron chi connectivity index (χ0n) is 13.3. The molecule has 1 aromatic rings. The van der Waals surface area contributed by atoms with E-state index >= 15 is 0 Å². The highest BCUT2D eigenvalue weighted by atomic mass is 16.5. The van der Waals surface area contributed by atoms with Gasteiger partial charge in [-0.15, -0.1) is 0 Å². The van der Waals surface area contributed by atoms with Crippen molar-refractivity contribution in [2.75, 3.05) is 38.1 Å². The second kappa shape index (κ2) is 9.37. The van der Waals surface area contributed by atoms with E-state index in [0.29, 0.717) is 24.6 Å². The first kappa shape index (κ1) is 17.5. The van der Waals surface area contributed by atoms with E-state index in [-0.39, 0.29) is 11.8 Å². The molecule has 0 aliphatic rings. The summed E-state index contributed by atoms with van der Waals surface area (Å²) in [5.41, 5.74) is 6.21. The number of benzene rings is 1. The molecule has 1 rings (SSSR count). The highest BCUT2D eigenvalue weighted by Gasteiger charge is 2.13. The van der Waals surface area contributed by atoms with Crippen LogP contribution in [-0.2, 0) is 4.79 Å². The SMILES string of the molecule is CCN(CC)CCOc1ccccc1NC(=O)C(C)CN. The van der Waals surface area contributed by atoms with Crippen LogP contribution < -0.4 is 15.8 Å². The number of nitrogens with two attached hydrogens (primary N) is 1. The Morgan fingerprint density at radius 2 is 2.00 bits per heavy atom. The maximum Gasteiger partial charge on any atom is 0.228 e. The molecule has 3 N–H and O–H groups in total. The molecular weight excluding hydrogens is 266 g/mol. The smallest absolute Gasteiger partial charge is 0.228 e. The monoisotopic (exact) mass is 293 g/mol. The van der Waals surface area contributed by atoms with Gasteiger partial charge in [-0.2, -0.15) is 0 Å². The number of ether oxygens (including phenoxy) is 1. The molecule has 0 heterocycles. The van der Waals surface area contributed by atoms with Crippen molar-refractivity contribution in [2.24, 2.45) is 11.7 Å². The molecule has 0 aliphatic carbocycles. The van der Waals surface area contributed by atoms with Crippen molar-refractivity contribution < 1.29 is 9.53 Å². The van der Waals surface area contributed by atoms with E-state index in [0.717, 1.165) is 19.6 Å². The molecule has 0 saturated heterocycles. The fourth-order valence-corrected chi connectivity index (χ4v) is 1.88. The molecule has 0 aromatic heterocycles. The van der Waals surface area contributed by atoms with E-state index in [1.165, 1.54) is 0 Å². The first-order valence-electron chi connectivity index (χ1n) is 7.57. The molecule has 1 unspecified atom stereocenters. The van der Waals surface area contributed by atoms with Crippen LogP contribution in [0, 0.1) is 5.92 Å². The summed E-state index contributed by atoms with van der Waals surface area (Å²) in [5, 5.41) is 2.87. The molecule has 1 atom stereocenters. The quantitative estimate of drug-likeness (QED) is 0.730. The van der Waals surface area contributed by atoms with Crippen molar-refractivity contribution >= 4 is 11.6 Å². The second-order valence-electron chi connectivity index (χ2n) is 5.00. The number of nitrogens with zero attached hydrogens (tertiary/aromatic N) is 1. The molecule has 0 radical (unpaired) electrons. The van der Waals surface area contributed by atoms with Gasteiger partial charge in [0.15, 0.2) is 0 Å². The van der Waals surface area contributed by atoms with Gasteiger partial charge in [0.2, 0.25) is 5.91 Å². The van der Waals surface area contributed by atoms with Gasteiger partial charge in [-0.1, -0.05) is 32.9 Å². The standard InChI is InChI=1S/C16H27N3O2/c1-4-19(5-2)10-11-21-15-9-7-6-8-14(15)18-16(20)13(3)12-17/h6-9,13H,4-5,10-12,17H2,1-3H3,(H,18,20). The molecule has 0 spiro atoms. The Labute approximate surface area is 127 Å². The van der Waals surface area contributed by atoms with Crippen molar-refractivity contribution in [3.05, 3.63) is 24.3 Å².